The Morgan fingerprint density at radius 3 is 2.36 bits per heavy atom. The van der Waals surface area contributed by atoms with Crippen LogP contribution in [0.15, 0.2) is 70.4 Å². The highest BCUT2D eigenvalue weighted by Gasteiger charge is 2.30. The van der Waals surface area contributed by atoms with Crippen molar-refractivity contribution in [3.05, 3.63) is 104 Å². The first-order chi connectivity index (χ1) is 17.1. The van der Waals surface area contributed by atoms with Gasteiger partial charge in [0, 0.05) is 30.4 Å². The first-order valence-electron chi connectivity index (χ1n) is 11.9. The van der Waals surface area contributed by atoms with Crippen LogP contribution < -0.4 is 11.2 Å². The molecule has 6 nitrogen and oxygen atoms in total. The third-order valence-electron chi connectivity index (χ3n) is 6.60. The van der Waals surface area contributed by atoms with Crippen molar-refractivity contribution < 1.29 is 18.0 Å². The van der Waals surface area contributed by atoms with Gasteiger partial charge < -0.3 is 4.90 Å². The van der Waals surface area contributed by atoms with Gasteiger partial charge >= 0.3 is 11.9 Å². The van der Waals surface area contributed by atoms with Gasteiger partial charge in [0.15, 0.2) is 0 Å². The lowest BCUT2D eigenvalue weighted by atomic mass is 9.98. The minimum absolute atomic E-state index is 0.269. The molecule has 0 bridgehead atoms. The Bertz CT molecular complexity index is 1330. The maximum absolute atomic E-state index is 12.9. The summed E-state index contributed by atoms with van der Waals surface area (Å²) in [6, 6.07) is 13.6. The van der Waals surface area contributed by atoms with Crippen LogP contribution in [0.25, 0.3) is 0 Å². The highest BCUT2D eigenvalue weighted by molar-refractivity contribution is 5.95. The number of nitrogens with zero attached hydrogens (tertiary/aromatic N) is 3. The van der Waals surface area contributed by atoms with E-state index in [1.165, 1.54) is 10.8 Å². The number of likely N-dealkylation sites (tertiary alicyclic amines) is 1. The van der Waals surface area contributed by atoms with E-state index in [9.17, 15) is 27.6 Å². The molecule has 9 heteroatoms. The Morgan fingerprint density at radius 2 is 1.69 bits per heavy atom. The average molecular weight is 500 g/mol. The van der Waals surface area contributed by atoms with Crippen molar-refractivity contribution >= 4 is 5.91 Å². The molecule has 2 heterocycles. The van der Waals surface area contributed by atoms with Crippen molar-refractivity contribution in [2.24, 2.45) is 5.92 Å². The van der Waals surface area contributed by atoms with Crippen LogP contribution in [0.4, 0.5) is 13.2 Å². The van der Waals surface area contributed by atoms with E-state index in [2.05, 4.69) is 4.90 Å². The number of alkyl halides is 3. The van der Waals surface area contributed by atoms with Gasteiger partial charge in [-0.2, -0.15) is 17.7 Å². The maximum Gasteiger partial charge on any atom is 0.416 e. The molecular formula is C27H28F3N3O3. The summed E-state index contributed by atoms with van der Waals surface area (Å²) in [7, 11) is 0. The molecule has 0 aliphatic carbocycles. The van der Waals surface area contributed by atoms with E-state index >= 15 is 0 Å². The molecule has 3 aromatic rings. The van der Waals surface area contributed by atoms with Crippen LogP contribution >= 0.6 is 0 Å². The molecular weight excluding hydrogens is 471 g/mol. The van der Waals surface area contributed by atoms with E-state index in [0.717, 1.165) is 50.2 Å². The number of aryl methyl sites for hydroxylation is 2. The molecule has 1 aliphatic heterocycles. The molecule has 0 radical (unpaired) electrons. The Labute approximate surface area is 206 Å². The summed E-state index contributed by atoms with van der Waals surface area (Å²) in [5.74, 6) is -0.286. The molecule has 4 rings (SSSR count). The molecule has 1 aromatic heterocycles. The van der Waals surface area contributed by atoms with Gasteiger partial charge in [0.05, 0.1) is 5.56 Å². The number of hydrogen-bond acceptors (Lipinski definition) is 4. The molecule has 1 unspecified atom stereocenters. The van der Waals surface area contributed by atoms with E-state index in [1.807, 2.05) is 0 Å². The first-order valence-corrected chi connectivity index (χ1v) is 11.9. The average Bonchev–Trinajstić information content (AvgIpc) is 3.29. The van der Waals surface area contributed by atoms with Gasteiger partial charge in [-0.3, -0.25) is 14.2 Å². The van der Waals surface area contributed by atoms with Crippen LogP contribution in [0.5, 0.6) is 0 Å². The molecule has 0 saturated carbocycles. The molecule has 0 amide bonds. The largest absolute Gasteiger partial charge is 0.416 e. The van der Waals surface area contributed by atoms with E-state index < -0.39 is 28.9 Å². The smallest absolute Gasteiger partial charge is 0.303 e. The van der Waals surface area contributed by atoms with Crippen LogP contribution in [0.3, 0.4) is 0 Å². The molecule has 36 heavy (non-hydrogen) atoms. The van der Waals surface area contributed by atoms with Crippen LogP contribution in [0.1, 0.15) is 39.9 Å². The van der Waals surface area contributed by atoms with Crippen molar-refractivity contribution in [2.45, 2.75) is 38.9 Å². The van der Waals surface area contributed by atoms with Crippen molar-refractivity contribution in [1.29, 1.82) is 0 Å². The van der Waals surface area contributed by atoms with Gasteiger partial charge in [-0.05, 0) is 75.0 Å². The maximum atomic E-state index is 12.9. The van der Waals surface area contributed by atoms with Crippen LogP contribution in [-0.4, -0.2) is 39.6 Å². The fourth-order valence-electron chi connectivity index (χ4n) is 4.70. The predicted molar refractivity (Wildman–Crippen MR) is 130 cm³/mol. The summed E-state index contributed by atoms with van der Waals surface area (Å²) in [6.45, 7) is 4.40. The SMILES string of the molecule is Cc1cn(CCCN2CCC(Cc3ccc(C(F)(F)F)cc3)C2)c(=O)n(C(=O)c2ccccc2)c1=O. The molecule has 0 spiro atoms. The molecule has 2 aromatic carbocycles. The number of benzene rings is 2. The summed E-state index contributed by atoms with van der Waals surface area (Å²) >= 11 is 0. The summed E-state index contributed by atoms with van der Waals surface area (Å²) in [4.78, 5) is 40.6. The van der Waals surface area contributed by atoms with Gasteiger partial charge in [-0.15, -0.1) is 0 Å². The number of aromatic nitrogens is 2. The lowest BCUT2D eigenvalue weighted by Gasteiger charge is -2.17. The second kappa shape index (κ2) is 10.7. The van der Waals surface area contributed by atoms with Gasteiger partial charge in [0.25, 0.3) is 11.5 Å². The molecule has 0 N–H and O–H groups in total. The quantitative estimate of drug-likeness (QED) is 0.494. The van der Waals surface area contributed by atoms with Gasteiger partial charge in [0.1, 0.15) is 0 Å². The Hall–Kier alpha value is -3.46. The van der Waals surface area contributed by atoms with Crippen LogP contribution in [-0.2, 0) is 19.1 Å². The molecule has 190 valence electrons. The zero-order chi connectivity index (χ0) is 25.9. The first kappa shape index (κ1) is 25.6. The second-order valence-electron chi connectivity index (χ2n) is 9.31. The second-order valence-corrected chi connectivity index (χ2v) is 9.31. The number of hydrogen-bond donors (Lipinski definition) is 0. The number of carbonyl (C=O) groups excluding carboxylic acids is 1. The lowest BCUT2D eigenvalue weighted by molar-refractivity contribution is -0.137. The lowest BCUT2D eigenvalue weighted by Crippen LogP contribution is -2.44. The highest BCUT2D eigenvalue weighted by Crippen LogP contribution is 2.30. The number of carbonyl (C=O) groups is 1. The topological polar surface area (TPSA) is 64.3 Å². The highest BCUT2D eigenvalue weighted by atomic mass is 19.4. The Kier molecular flexibility index (Phi) is 7.59. The van der Waals surface area contributed by atoms with Gasteiger partial charge in [0.2, 0.25) is 0 Å². The Balaban J connectivity index is 1.34. The minimum atomic E-state index is -4.33. The fourth-order valence-corrected chi connectivity index (χ4v) is 4.70. The molecule has 1 saturated heterocycles. The fraction of sp³-hybridized carbons (Fsp3) is 0.370. The standard InChI is InChI=1S/C27H28F3N3O3/c1-19-17-32(26(36)33(24(19)34)25(35)22-6-3-2-4-7-22)14-5-13-31-15-12-21(18-31)16-20-8-10-23(11-9-20)27(28,29)30/h2-4,6-11,17,21H,5,12-16,18H2,1H3. The molecule has 1 fully saturated rings. The Morgan fingerprint density at radius 1 is 1.00 bits per heavy atom. The zero-order valence-corrected chi connectivity index (χ0v) is 20.0. The summed E-state index contributed by atoms with van der Waals surface area (Å²) in [6.07, 6.45) is -0.497. The van der Waals surface area contributed by atoms with E-state index in [-0.39, 0.29) is 5.56 Å². The third-order valence-corrected chi connectivity index (χ3v) is 6.60. The van der Waals surface area contributed by atoms with Crippen molar-refractivity contribution in [1.82, 2.24) is 14.0 Å². The van der Waals surface area contributed by atoms with Crippen LogP contribution in [0, 0.1) is 12.8 Å². The predicted octanol–water partition coefficient (Wildman–Crippen LogP) is 3.98. The van der Waals surface area contributed by atoms with E-state index in [4.69, 9.17) is 0 Å². The van der Waals surface area contributed by atoms with E-state index in [1.54, 1.807) is 49.4 Å². The zero-order valence-electron chi connectivity index (χ0n) is 20.0. The van der Waals surface area contributed by atoms with E-state index in [0.29, 0.717) is 29.0 Å². The van der Waals surface area contributed by atoms with Crippen LogP contribution in [0.2, 0.25) is 0 Å². The third kappa shape index (κ3) is 5.84. The number of halogens is 3. The van der Waals surface area contributed by atoms with Crippen molar-refractivity contribution in [3.63, 3.8) is 0 Å². The summed E-state index contributed by atoms with van der Waals surface area (Å²) in [5.41, 5.74) is -0.428. The molecule has 1 atom stereocenters. The summed E-state index contributed by atoms with van der Waals surface area (Å²) in [5, 5.41) is 0. The monoisotopic (exact) mass is 499 g/mol. The normalized spacial score (nSPS) is 16.4. The number of rotatable bonds is 7. The molecule has 1 aliphatic rings. The van der Waals surface area contributed by atoms with Gasteiger partial charge in [-0.1, -0.05) is 30.3 Å². The summed E-state index contributed by atoms with van der Waals surface area (Å²) < 4.78 is 40.4. The van der Waals surface area contributed by atoms with Crippen molar-refractivity contribution in [2.75, 3.05) is 19.6 Å². The van der Waals surface area contributed by atoms with Gasteiger partial charge in [-0.25, -0.2) is 4.79 Å². The minimum Gasteiger partial charge on any atom is -0.303 e. The van der Waals surface area contributed by atoms with Crippen molar-refractivity contribution in [3.8, 4) is 0 Å².